The van der Waals surface area contributed by atoms with E-state index in [9.17, 15) is 9.59 Å². The van der Waals surface area contributed by atoms with E-state index in [1.165, 1.54) is 27.7 Å². The molecule has 0 aliphatic carbocycles. The Hall–Kier alpha value is -2.12. The van der Waals surface area contributed by atoms with Crippen LogP contribution in [0.4, 0.5) is 0 Å². The highest BCUT2D eigenvalue weighted by Crippen LogP contribution is 2.29. The lowest BCUT2D eigenvalue weighted by Crippen LogP contribution is -2.31. The van der Waals surface area contributed by atoms with Crippen LogP contribution >= 0.6 is 23.1 Å². The number of carbonyl (C=O) groups is 1. The first-order chi connectivity index (χ1) is 12.4. The van der Waals surface area contributed by atoms with Crippen LogP contribution in [0.2, 0.25) is 0 Å². The average molecular weight is 388 g/mol. The Morgan fingerprint density at radius 1 is 1.31 bits per heavy atom. The predicted molar refractivity (Wildman–Crippen MR) is 108 cm³/mol. The number of benzene rings is 1. The van der Waals surface area contributed by atoms with Crippen molar-refractivity contribution in [1.82, 2.24) is 14.9 Å². The van der Waals surface area contributed by atoms with E-state index in [0.29, 0.717) is 17.1 Å². The Morgan fingerprint density at radius 3 is 2.69 bits per heavy atom. The number of amides is 1. The molecule has 3 rings (SSSR count). The fourth-order valence-corrected chi connectivity index (χ4v) is 4.57. The summed E-state index contributed by atoms with van der Waals surface area (Å²) in [6.07, 6.45) is 0. The van der Waals surface area contributed by atoms with Crippen LogP contribution in [0.25, 0.3) is 10.2 Å². The quantitative estimate of drug-likeness (QED) is 0.538. The van der Waals surface area contributed by atoms with Crippen LogP contribution in [0.1, 0.15) is 22.9 Å². The first-order valence-electron chi connectivity index (χ1n) is 8.33. The average Bonchev–Trinajstić information content (AvgIpc) is 2.92. The number of thiophene rings is 1. The number of nitrogens with one attached hydrogen (secondary N) is 1. The van der Waals surface area contributed by atoms with Crippen LogP contribution in [0, 0.1) is 13.8 Å². The summed E-state index contributed by atoms with van der Waals surface area (Å²) in [7, 11) is 1.71. The zero-order chi connectivity index (χ0) is 18.8. The molecule has 26 heavy (non-hydrogen) atoms. The molecule has 1 aromatic carbocycles. The predicted octanol–water partition coefficient (Wildman–Crippen LogP) is 3.41. The minimum absolute atomic E-state index is 0.0590. The maximum atomic E-state index is 12.7. The van der Waals surface area contributed by atoms with Gasteiger partial charge in [0.05, 0.1) is 10.6 Å². The zero-order valence-corrected chi connectivity index (χ0v) is 16.8. The van der Waals surface area contributed by atoms with E-state index in [-0.39, 0.29) is 16.7 Å². The van der Waals surface area contributed by atoms with Gasteiger partial charge in [-0.3, -0.25) is 14.2 Å². The minimum Gasteiger partial charge on any atom is -0.351 e. The minimum atomic E-state index is -0.351. The summed E-state index contributed by atoms with van der Waals surface area (Å²) in [5.74, 6) is -0.0771. The Bertz CT molecular complexity index is 1010. The van der Waals surface area contributed by atoms with Gasteiger partial charge in [0.1, 0.15) is 4.83 Å². The van der Waals surface area contributed by atoms with Crippen molar-refractivity contribution in [3.8, 4) is 0 Å². The summed E-state index contributed by atoms with van der Waals surface area (Å²) in [4.78, 5) is 31.5. The number of hydrogen-bond acceptors (Lipinski definition) is 5. The molecule has 1 unspecified atom stereocenters. The van der Waals surface area contributed by atoms with Crippen molar-refractivity contribution in [3.05, 3.63) is 56.7 Å². The van der Waals surface area contributed by atoms with Gasteiger partial charge in [-0.1, -0.05) is 42.1 Å². The third-order valence-corrected chi connectivity index (χ3v) is 6.58. The number of aromatic nitrogens is 2. The second kappa shape index (κ2) is 7.63. The fraction of sp³-hybridized carbons (Fsp3) is 0.316. The summed E-state index contributed by atoms with van der Waals surface area (Å²) < 4.78 is 1.53. The molecule has 7 heteroatoms. The molecule has 0 aliphatic heterocycles. The van der Waals surface area contributed by atoms with Crippen molar-refractivity contribution in [2.24, 2.45) is 7.05 Å². The molecule has 1 N–H and O–H groups in total. The van der Waals surface area contributed by atoms with Crippen molar-refractivity contribution in [2.75, 3.05) is 0 Å². The number of nitrogens with zero attached hydrogens (tertiary/aromatic N) is 2. The largest absolute Gasteiger partial charge is 0.351 e. The molecule has 2 heterocycles. The molecule has 5 nitrogen and oxygen atoms in total. The van der Waals surface area contributed by atoms with Gasteiger partial charge in [0.15, 0.2) is 5.16 Å². The number of thioether (sulfide) groups is 1. The number of aryl methyl sites for hydroxylation is 2. The summed E-state index contributed by atoms with van der Waals surface area (Å²) in [5.41, 5.74) is 1.98. The van der Waals surface area contributed by atoms with Gasteiger partial charge < -0.3 is 5.32 Å². The maximum Gasteiger partial charge on any atom is 0.262 e. The number of rotatable bonds is 5. The van der Waals surface area contributed by atoms with Crippen molar-refractivity contribution < 1.29 is 4.79 Å². The molecular weight excluding hydrogens is 366 g/mol. The van der Waals surface area contributed by atoms with Crippen LogP contribution in [-0.2, 0) is 18.4 Å². The van der Waals surface area contributed by atoms with Crippen LogP contribution in [0.15, 0.2) is 40.3 Å². The normalized spacial score (nSPS) is 12.3. The standard InChI is InChI=1S/C19H21N3O2S2/c1-11-12(2)25-17-15(11)18(24)22(4)19(21-17)26-13(3)16(23)20-10-14-8-6-5-7-9-14/h5-9,13H,10H2,1-4H3,(H,20,23). The molecular formula is C19H21N3O2S2. The number of fused-ring (bicyclic) bond motifs is 1. The van der Waals surface area contributed by atoms with Crippen LogP contribution in [0.3, 0.4) is 0 Å². The molecule has 136 valence electrons. The Kier molecular flexibility index (Phi) is 5.48. The second-order valence-electron chi connectivity index (χ2n) is 6.19. The van der Waals surface area contributed by atoms with Gasteiger partial charge in [0.2, 0.25) is 5.91 Å². The van der Waals surface area contributed by atoms with E-state index in [4.69, 9.17) is 0 Å². The molecule has 3 aromatic rings. The molecule has 0 fully saturated rings. The van der Waals surface area contributed by atoms with E-state index in [1.54, 1.807) is 7.05 Å². The van der Waals surface area contributed by atoms with Gasteiger partial charge in [-0.2, -0.15) is 0 Å². The van der Waals surface area contributed by atoms with Gasteiger partial charge in [-0.25, -0.2) is 4.98 Å². The van der Waals surface area contributed by atoms with E-state index in [1.807, 2.05) is 51.1 Å². The van der Waals surface area contributed by atoms with Crippen molar-refractivity contribution in [3.63, 3.8) is 0 Å². The lowest BCUT2D eigenvalue weighted by Gasteiger charge is -2.13. The van der Waals surface area contributed by atoms with E-state index in [2.05, 4.69) is 10.3 Å². The van der Waals surface area contributed by atoms with Gasteiger partial charge in [0, 0.05) is 18.5 Å². The molecule has 0 bridgehead atoms. The maximum absolute atomic E-state index is 12.7. The van der Waals surface area contributed by atoms with Gasteiger partial charge >= 0.3 is 0 Å². The molecule has 0 saturated carbocycles. The summed E-state index contributed by atoms with van der Waals surface area (Å²) in [6.45, 7) is 6.25. The lowest BCUT2D eigenvalue weighted by atomic mass is 10.2. The molecule has 2 aromatic heterocycles. The summed E-state index contributed by atoms with van der Waals surface area (Å²) >= 11 is 2.82. The van der Waals surface area contributed by atoms with E-state index >= 15 is 0 Å². The number of carbonyl (C=O) groups excluding carboxylic acids is 1. The molecule has 0 spiro atoms. The second-order valence-corrected chi connectivity index (χ2v) is 8.70. The number of hydrogen-bond donors (Lipinski definition) is 1. The Morgan fingerprint density at radius 2 is 2.00 bits per heavy atom. The molecule has 1 amide bonds. The van der Waals surface area contributed by atoms with Gasteiger partial charge in [-0.15, -0.1) is 11.3 Å². The van der Waals surface area contributed by atoms with Crippen LogP contribution in [-0.4, -0.2) is 20.7 Å². The smallest absolute Gasteiger partial charge is 0.262 e. The molecule has 1 atom stereocenters. The van der Waals surface area contributed by atoms with Crippen LogP contribution < -0.4 is 10.9 Å². The summed E-state index contributed by atoms with van der Waals surface area (Å²) in [5, 5.41) is 3.82. The molecule has 0 saturated heterocycles. The first-order valence-corrected chi connectivity index (χ1v) is 10.0. The molecule has 0 aliphatic rings. The van der Waals surface area contributed by atoms with Gasteiger partial charge in [-0.05, 0) is 31.9 Å². The Balaban J connectivity index is 1.76. The third kappa shape index (κ3) is 3.68. The topological polar surface area (TPSA) is 64.0 Å². The highest BCUT2D eigenvalue weighted by molar-refractivity contribution is 8.00. The monoisotopic (exact) mass is 387 g/mol. The third-order valence-electron chi connectivity index (χ3n) is 4.33. The lowest BCUT2D eigenvalue weighted by molar-refractivity contribution is -0.120. The Labute approximate surface area is 160 Å². The zero-order valence-electron chi connectivity index (χ0n) is 15.2. The molecule has 0 radical (unpaired) electrons. The fourth-order valence-electron chi connectivity index (χ4n) is 2.60. The van der Waals surface area contributed by atoms with E-state index < -0.39 is 0 Å². The van der Waals surface area contributed by atoms with E-state index in [0.717, 1.165) is 20.8 Å². The van der Waals surface area contributed by atoms with Crippen molar-refractivity contribution in [2.45, 2.75) is 37.7 Å². The highest BCUT2D eigenvalue weighted by Gasteiger charge is 2.20. The highest BCUT2D eigenvalue weighted by atomic mass is 32.2. The van der Waals surface area contributed by atoms with Crippen LogP contribution in [0.5, 0.6) is 0 Å². The van der Waals surface area contributed by atoms with Gasteiger partial charge in [0.25, 0.3) is 5.56 Å². The van der Waals surface area contributed by atoms with Crippen molar-refractivity contribution >= 4 is 39.2 Å². The van der Waals surface area contributed by atoms with Crippen molar-refractivity contribution in [1.29, 1.82) is 0 Å². The summed E-state index contributed by atoms with van der Waals surface area (Å²) in [6, 6.07) is 9.77. The first kappa shape index (κ1) is 18.7. The SMILES string of the molecule is Cc1sc2nc(SC(C)C(=O)NCc3ccccc3)n(C)c(=O)c2c1C.